The zero-order chi connectivity index (χ0) is 20.6. The first kappa shape index (κ1) is 20.2. The van der Waals surface area contributed by atoms with E-state index >= 15 is 0 Å². The van der Waals surface area contributed by atoms with Gasteiger partial charge in [0.15, 0.2) is 0 Å². The maximum absolute atomic E-state index is 12.4. The Labute approximate surface area is 169 Å². The maximum Gasteiger partial charge on any atom is 0.289 e. The van der Waals surface area contributed by atoms with Crippen molar-refractivity contribution >= 4 is 18.0 Å². The molecule has 3 aromatic rings. The van der Waals surface area contributed by atoms with Crippen LogP contribution in [-0.4, -0.2) is 57.1 Å². The van der Waals surface area contributed by atoms with Crippen LogP contribution in [0.2, 0.25) is 0 Å². The average Bonchev–Trinajstić information content (AvgIpc) is 3.37. The van der Waals surface area contributed by atoms with Gasteiger partial charge < -0.3 is 24.6 Å². The number of H-pyrrole nitrogens is 1. The minimum Gasteiger partial charge on any atom is -0.363 e. The molecule has 2 heterocycles. The van der Waals surface area contributed by atoms with Gasteiger partial charge in [-0.2, -0.15) is 0 Å². The molecular formula is C20H25N7O2. The van der Waals surface area contributed by atoms with Crippen molar-refractivity contribution in [2.75, 3.05) is 19.0 Å². The number of rotatable bonds is 10. The highest BCUT2D eigenvalue weighted by Crippen LogP contribution is 2.12. The van der Waals surface area contributed by atoms with Crippen molar-refractivity contribution in [3.8, 4) is 0 Å². The molecule has 1 amide bonds. The van der Waals surface area contributed by atoms with Crippen LogP contribution in [-0.2, 0) is 17.8 Å². The minimum absolute atomic E-state index is 0.104. The van der Waals surface area contributed by atoms with E-state index in [1.807, 2.05) is 53.9 Å². The number of aromatic amines is 1. The first-order valence-electron chi connectivity index (χ1n) is 9.46. The molecule has 1 aromatic carbocycles. The molecule has 2 N–H and O–H groups in total. The van der Waals surface area contributed by atoms with Crippen LogP contribution in [0.25, 0.3) is 0 Å². The molecule has 0 radical (unpaired) electrons. The van der Waals surface area contributed by atoms with Crippen LogP contribution in [0.4, 0.5) is 5.82 Å². The van der Waals surface area contributed by atoms with Crippen LogP contribution >= 0.6 is 0 Å². The molecule has 29 heavy (non-hydrogen) atoms. The molecule has 1 atom stereocenters. The molecule has 0 bridgehead atoms. The number of carbonyl (C=O) groups excluding carboxylic acids is 2. The van der Waals surface area contributed by atoms with E-state index in [2.05, 4.69) is 25.5 Å². The van der Waals surface area contributed by atoms with Crippen molar-refractivity contribution < 1.29 is 9.59 Å². The molecule has 3 rings (SSSR count). The molecule has 0 aliphatic heterocycles. The molecular weight excluding hydrogens is 370 g/mol. The van der Waals surface area contributed by atoms with E-state index in [1.165, 1.54) is 0 Å². The topological polar surface area (TPSA) is 109 Å². The molecule has 0 fully saturated rings. The summed E-state index contributed by atoms with van der Waals surface area (Å²) in [6, 6.07) is 9.20. The zero-order valence-corrected chi connectivity index (χ0v) is 16.6. The van der Waals surface area contributed by atoms with Gasteiger partial charge in [-0.1, -0.05) is 30.3 Å². The lowest BCUT2D eigenvalue weighted by Crippen LogP contribution is -2.36. The molecule has 9 nitrogen and oxygen atoms in total. The molecule has 9 heteroatoms. The fourth-order valence-electron chi connectivity index (χ4n) is 3.02. The standard InChI is InChI=1S/C20H25N7O2/c1-26(2)18-12-21-14-27(18)10-6-9-16(13-28)22-20(29)19-23-17(24-25-19)11-15-7-4-3-5-8-15/h3-5,7-8,12-14,16H,6,9-11H2,1-2H3,(H,22,29)(H,23,24,25). The third-order valence-electron chi connectivity index (χ3n) is 4.51. The highest BCUT2D eigenvalue weighted by Gasteiger charge is 2.17. The number of amides is 1. The number of benzene rings is 1. The summed E-state index contributed by atoms with van der Waals surface area (Å²) >= 11 is 0. The number of aryl methyl sites for hydroxylation is 1. The number of aldehydes is 1. The van der Waals surface area contributed by atoms with Gasteiger partial charge in [0.25, 0.3) is 5.91 Å². The Morgan fingerprint density at radius 1 is 1.28 bits per heavy atom. The number of carbonyl (C=O) groups is 2. The third kappa shape index (κ3) is 5.50. The second kappa shape index (κ2) is 9.63. The summed E-state index contributed by atoms with van der Waals surface area (Å²) in [5.74, 6) is 1.25. The van der Waals surface area contributed by atoms with Crippen LogP contribution in [0.15, 0.2) is 42.9 Å². The number of nitrogens with zero attached hydrogens (tertiary/aromatic N) is 5. The van der Waals surface area contributed by atoms with Gasteiger partial charge in [-0.05, 0) is 18.4 Å². The summed E-state index contributed by atoms with van der Waals surface area (Å²) < 4.78 is 2.01. The summed E-state index contributed by atoms with van der Waals surface area (Å²) in [5, 5.41) is 10.6. The van der Waals surface area contributed by atoms with Gasteiger partial charge in [-0.25, -0.2) is 4.98 Å². The first-order valence-corrected chi connectivity index (χ1v) is 9.46. The molecule has 0 aliphatic carbocycles. The molecule has 0 saturated heterocycles. The summed E-state index contributed by atoms with van der Waals surface area (Å²) in [6.07, 6.45) is 6.08. The number of hydrogen-bond donors (Lipinski definition) is 2. The van der Waals surface area contributed by atoms with E-state index in [-0.39, 0.29) is 5.82 Å². The maximum atomic E-state index is 12.4. The van der Waals surface area contributed by atoms with Gasteiger partial charge >= 0.3 is 0 Å². The molecule has 0 aliphatic rings. The highest BCUT2D eigenvalue weighted by atomic mass is 16.2. The lowest BCUT2D eigenvalue weighted by atomic mass is 10.1. The summed E-state index contributed by atoms with van der Waals surface area (Å²) in [7, 11) is 3.90. The molecule has 152 valence electrons. The van der Waals surface area contributed by atoms with E-state index in [9.17, 15) is 9.59 Å². The van der Waals surface area contributed by atoms with Crippen LogP contribution in [0.3, 0.4) is 0 Å². The normalized spacial score (nSPS) is 11.8. The number of imidazole rings is 1. The predicted molar refractivity (Wildman–Crippen MR) is 109 cm³/mol. The van der Waals surface area contributed by atoms with Crippen molar-refractivity contribution in [2.45, 2.75) is 31.8 Å². The van der Waals surface area contributed by atoms with E-state index in [0.717, 1.165) is 24.1 Å². The summed E-state index contributed by atoms with van der Waals surface area (Å²) in [6.45, 7) is 0.706. The van der Waals surface area contributed by atoms with E-state index in [0.29, 0.717) is 25.2 Å². The zero-order valence-electron chi connectivity index (χ0n) is 16.6. The average molecular weight is 395 g/mol. The number of anilines is 1. The van der Waals surface area contributed by atoms with Crippen LogP contribution in [0.1, 0.15) is 34.8 Å². The van der Waals surface area contributed by atoms with Gasteiger partial charge in [0.2, 0.25) is 5.82 Å². The summed E-state index contributed by atoms with van der Waals surface area (Å²) in [5.41, 5.74) is 1.07. The SMILES string of the molecule is CN(C)c1cncn1CCCC(C=O)NC(=O)c1nnc(Cc2ccccc2)[nH]1. The van der Waals surface area contributed by atoms with Crippen molar-refractivity contribution in [2.24, 2.45) is 0 Å². The Kier molecular flexibility index (Phi) is 6.72. The van der Waals surface area contributed by atoms with Gasteiger partial charge in [0.05, 0.1) is 18.6 Å². The van der Waals surface area contributed by atoms with Crippen LogP contribution < -0.4 is 10.2 Å². The monoisotopic (exact) mass is 395 g/mol. The Morgan fingerprint density at radius 2 is 2.07 bits per heavy atom. The van der Waals surface area contributed by atoms with Crippen LogP contribution in [0, 0.1) is 0 Å². The molecule has 0 saturated carbocycles. The minimum atomic E-state index is -0.587. The van der Waals surface area contributed by atoms with Crippen molar-refractivity contribution in [3.63, 3.8) is 0 Å². The van der Waals surface area contributed by atoms with Crippen molar-refractivity contribution in [3.05, 3.63) is 60.1 Å². The Balaban J connectivity index is 1.50. The van der Waals surface area contributed by atoms with Gasteiger partial charge in [-0.15, -0.1) is 10.2 Å². The fraction of sp³-hybridized carbons (Fsp3) is 0.350. The second-order valence-corrected chi connectivity index (χ2v) is 6.98. The Morgan fingerprint density at radius 3 is 2.79 bits per heavy atom. The molecule has 2 aromatic heterocycles. The van der Waals surface area contributed by atoms with E-state index < -0.39 is 11.9 Å². The lowest BCUT2D eigenvalue weighted by molar-refractivity contribution is -0.109. The molecule has 1 unspecified atom stereocenters. The Bertz CT molecular complexity index is 933. The van der Waals surface area contributed by atoms with Gasteiger partial charge in [-0.3, -0.25) is 4.79 Å². The lowest BCUT2D eigenvalue weighted by Gasteiger charge is -2.16. The largest absolute Gasteiger partial charge is 0.363 e. The summed E-state index contributed by atoms with van der Waals surface area (Å²) in [4.78, 5) is 32.8. The number of nitrogens with one attached hydrogen (secondary N) is 2. The van der Waals surface area contributed by atoms with Gasteiger partial charge in [0.1, 0.15) is 17.9 Å². The second-order valence-electron chi connectivity index (χ2n) is 6.98. The Hall–Kier alpha value is -3.49. The fourth-order valence-corrected chi connectivity index (χ4v) is 3.02. The molecule has 0 spiro atoms. The first-order chi connectivity index (χ1) is 14.1. The quantitative estimate of drug-likeness (QED) is 0.503. The van der Waals surface area contributed by atoms with E-state index in [4.69, 9.17) is 0 Å². The predicted octanol–water partition coefficient (Wildman–Crippen LogP) is 1.44. The highest BCUT2D eigenvalue weighted by molar-refractivity contribution is 5.92. The van der Waals surface area contributed by atoms with Crippen LogP contribution in [0.5, 0.6) is 0 Å². The van der Waals surface area contributed by atoms with E-state index in [1.54, 1.807) is 12.5 Å². The van der Waals surface area contributed by atoms with Crippen molar-refractivity contribution in [1.82, 2.24) is 30.0 Å². The third-order valence-corrected chi connectivity index (χ3v) is 4.51. The van der Waals surface area contributed by atoms with Crippen molar-refractivity contribution in [1.29, 1.82) is 0 Å². The number of aromatic nitrogens is 5. The number of hydrogen-bond acceptors (Lipinski definition) is 6. The van der Waals surface area contributed by atoms with Gasteiger partial charge in [0, 0.05) is 27.1 Å². The smallest absolute Gasteiger partial charge is 0.289 e.